The second kappa shape index (κ2) is 5.32. The lowest BCUT2D eigenvalue weighted by Crippen LogP contribution is -2.12. The van der Waals surface area contributed by atoms with Gasteiger partial charge in [0.15, 0.2) is 8.68 Å². The van der Waals surface area contributed by atoms with Crippen LogP contribution in [0, 0.1) is 10.5 Å². The summed E-state index contributed by atoms with van der Waals surface area (Å²) in [5, 5.41) is 0. The summed E-state index contributed by atoms with van der Waals surface area (Å²) >= 11 is 8.73. The average molecular weight is 415 g/mol. The third-order valence-electron chi connectivity index (χ3n) is 2.15. The molecule has 0 saturated heterocycles. The number of rotatable bonds is 3. The fourth-order valence-corrected chi connectivity index (χ4v) is 4.37. The normalized spacial score (nSPS) is 11.5. The van der Waals surface area contributed by atoms with Gasteiger partial charge in [-0.15, -0.1) is 0 Å². The van der Waals surface area contributed by atoms with E-state index in [0.29, 0.717) is 5.69 Å². The Morgan fingerprint density at radius 2 is 2.17 bits per heavy atom. The highest BCUT2D eigenvalue weighted by Crippen LogP contribution is 2.26. The van der Waals surface area contributed by atoms with Gasteiger partial charge in [-0.1, -0.05) is 22.9 Å². The summed E-state index contributed by atoms with van der Waals surface area (Å²) in [7, 11) is -3.61. The van der Waals surface area contributed by atoms with Crippen LogP contribution in [0.15, 0.2) is 28.6 Å². The lowest BCUT2D eigenvalue weighted by atomic mass is 10.2. The zero-order valence-corrected chi connectivity index (χ0v) is 13.7. The van der Waals surface area contributed by atoms with Crippen molar-refractivity contribution in [3.8, 4) is 0 Å². The molecule has 18 heavy (non-hydrogen) atoms. The Kier molecular flexibility index (Phi) is 4.15. The molecule has 0 fully saturated rings. The van der Waals surface area contributed by atoms with Crippen LogP contribution in [0.25, 0.3) is 0 Å². The van der Waals surface area contributed by atoms with E-state index in [1.165, 1.54) is 6.20 Å². The van der Waals surface area contributed by atoms with Crippen LogP contribution in [-0.4, -0.2) is 13.4 Å². The van der Waals surface area contributed by atoms with Crippen molar-refractivity contribution in [1.82, 2.24) is 4.98 Å². The molecule has 96 valence electrons. The molecule has 4 nitrogen and oxygen atoms in total. The second-order valence-electron chi connectivity index (χ2n) is 3.50. The third-order valence-corrected chi connectivity index (χ3v) is 5.77. The Balaban J connectivity index is 2.33. The molecular weight excluding hydrogens is 407 g/mol. The number of thiazole rings is 1. The quantitative estimate of drug-likeness (QED) is 0.782. The Hall–Kier alpha value is -0.380. The topological polar surface area (TPSA) is 59.1 Å². The number of hydrogen-bond acceptors (Lipinski definition) is 4. The first kappa shape index (κ1) is 14.0. The molecule has 0 aliphatic rings. The fraction of sp³-hybridized carbons (Fsp3) is 0.100. The monoisotopic (exact) mass is 414 g/mol. The maximum atomic E-state index is 12.1. The number of nitrogens with zero attached hydrogens (tertiary/aromatic N) is 1. The van der Waals surface area contributed by atoms with Gasteiger partial charge in [-0.25, -0.2) is 13.4 Å². The van der Waals surface area contributed by atoms with Crippen LogP contribution in [0.3, 0.4) is 0 Å². The number of benzene rings is 1. The van der Waals surface area contributed by atoms with E-state index in [1.807, 2.05) is 19.1 Å². The van der Waals surface area contributed by atoms with E-state index in [1.54, 1.807) is 6.07 Å². The lowest BCUT2D eigenvalue weighted by molar-refractivity contribution is 0.603. The molecule has 1 N–H and O–H groups in total. The van der Waals surface area contributed by atoms with Gasteiger partial charge in [0.1, 0.15) is 0 Å². The molecule has 2 aromatic rings. The van der Waals surface area contributed by atoms with Crippen LogP contribution in [0.1, 0.15) is 5.56 Å². The van der Waals surface area contributed by atoms with Crippen molar-refractivity contribution >= 4 is 61.2 Å². The van der Waals surface area contributed by atoms with Gasteiger partial charge in [0, 0.05) is 3.57 Å². The highest BCUT2D eigenvalue weighted by atomic mass is 127. The molecule has 0 aliphatic heterocycles. The zero-order chi connectivity index (χ0) is 13.3. The summed E-state index contributed by atoms with van der Waals surface area (Å²) in [6, 6.07) is 5.47. The summed E-state index contributed by atoms with van der Waals surface area (Å²) in [5.74, 6) is 0. The van der Waals surface area contributed by atoms with Gasteiger partial charge in [0.05, 0.1) is 11.9 Å². The van der Waals surface area contributed by atoms with E-state index in [-0.39, 0.29) is 8.68 Å². The summed E-state index contributed by atoms with van der Waals surface area (Å²) in [6.07, 6.45) is 1.25. The number of anilines is 1. The van der Waals surface area contributed by atoms with Crippen molar-refractivity contribution in [3.05, 3.63) is 38.0 Å². The van der Waals surface area contributed by atoms with Gasteiger partial charge in [-0.05, 0) is 53.3 Å². The predicted octanol–water partition coefficient (Wildman–Crippen LogP) is 3.51. The summed E-state index contributed by atoms with van der Waals surface area (Å²) in [6.45, 7) is 1.85. The van der Waals surface area contributed by atoms with Crippen molar-refractivity contribution in [3.63, 3.8) is 0 Å². The standard InChI is InChI=1S/C10H8ClIN2O2S2/c1-6-4-7(12)2-3-8(6)14-18(15,16)9-5-13-10(11)17-9/h2-5,14H,1H3. The van der Waals surface area contributed by atoms with Crippen LogP contribution in [0.2, 0.25) is 4.47 Å². The number of nitrogens with one attached hydrogen (secondary N) is 1. The van der Waals surface area contributed by atoms with Gasteiger partial charge in [-0.3, -0.25) is 4.72 Å². The van der Waals surface area contributed by atoms with Gasteiger partial charge < -0.3 is 0 Å². The number of aromatic nitrogens is 1. The zero-order valence-electron chi connectivity index (χ0n) is 9.15. The smallest absolute Gasteiger partial charge is 0.273 e. The average Bonchev–Trinajstić information content (AvgIpc) is 2.70. The van der Waals surface area contributed by atoms with E-state index in [0.717, 1.165) is 20.5 Å². The molecule has 0 aliphatic carbocycles. The summed E-state index contributed by atoms with van der Waals surface area (Å²) in [4.78, 5) is 3.72. The lowest BCUT2D eigenvalue weighted by Gasteiger charge is -2.09. The first-order chi connectivity index (χ1) is 8.38. The molecule has 1 heterocycles. The number of aryl methyl sites for hydroxylation is 1. The van der Waals surface area contributed by atoms with Crippen LogP contribution >= 0.6 is 45.5 Å². The van der Waals surface area contributed by atoms with Crippen molar-refractivity contribution in [2.75, 3.05) is 4.72 Å². The van der Waals surface area contributed by atoms with Crippen molar-refractivity contribution in [1.29, 1.82) is 0 Å². The van der Waals surface area contributed by atoms with E-state index in [9.17, 15) is 8.42 Å². The summed E-state index contributed by atoms with van der Waals surface area (Å²) in [5.41, 5.74) is 1.42. The molecule has 0 radical (unpaired) electrons. The minimum atomic E-state index is -3.61. The maximum absolute atomic E-state index is 12.1. The van der Waals surface area contributed by atoms with Gasteiger partial charge >= 0.3 is 0 Å². The Morgan fingerprint density at radius 1 is 1.44 bits per heavy atom. The minimum Gasteiger partial charge on any atom is -0.279 e. The molecule has 0 atom stereocenters. The van der Waals surface area contributed by atoms with Crippen LogP contribution in [0.4, 0.5) is 5.69 Å². The van der Waals surface area contributed by atoms with Crippen molar-refractivity contribution < 1.29 is 8.42 Å². The van der Waals surface area contributed by atoms with E-state index >= 15 is 0 Å². The molecular formula is C10H8ClIN2O2S2. The molecule has 0 amide bonds. The van der Waals surface area contributed by atoms with E-state index in [2.05, 4.69) is 32.3 Å². The predicted molar refractivity (Wildman–Crippen MR) is 81.8 cm³/mol. The Morgan fingerprint density at radius 3 is 2.72 bits per heavy atom. The largest absolute Gasteiger partial charge is 0.279 e. The van der Waals surface area contributed by atoms with Crippen molar-refractivity contribution in [2.24, 2.45) is 0 Å². The Bertz CT molecular complexity index is 685. The van der Waals surface area contributed by atoms with Crippen LogP contribution < -0.4 is 4.72 Å². The maximum Gasteiger partial charge on any atom is 0.273 e. The summed E-state index contributed by atoms with van der Waals surface area (Å²) < 4.78 is 28.0. The second-order valence-corrected chi connectivity index (χ2v) is 8.26. The first-order valence-corrected chi connectivity index (χ1v) is 8.54. The SMILES string of the molecule is Cc1cc(I)ccc1NS(=O)(=O)c1cnc(Cl)s1. The van der Waals surface area contributed by atoms with Crippen molar-refractivity contribution in [2.45, 2.75) is 11.1 Å². The number of halogens is 2. The van der Waals surface area contributed by atoms with E-state index in [4.69, 9.17) is 11.6 Å². The molecule has 0 spiro atoms. The number of sulfonamides is 1. The first-order valence-electron chi connectivity index (χ1n) is 4.79. The molecule has 0 unspecified atom stereocenters. The van der Waals surface area contributed by atoms with Crippen LogP contribution in [0.5, 0.6) is 0 Å². The van der Waals surface area contributed by atoms with E-state index < -0.39 is 10.0 Å². The molecule has 1 aromatic heterocycles. The minimum absolute atomic E-state index is 0.102. The molecule has 0 bridgehead atoms. The fourth-order valence-electron chi connectivity index (χ4n) is 1.30. The molecule has 2 rings (SSSR count). The molecule has 0 saturated carbocycles. The van der Waals surface area contributed by atoms with Gasteiger partial charge in [0.2, 0.25) is 0 Å². The highest BCUT2D eigenvalue weighted by molar-refractivity contribution is 14.1. The highest BCUT2D eigenvalue weighted by Gasteiger charge is 2.18. The van der Waals surface area contributed by atoms with Gasteiger partial charge in [-0.2, -0.15) is 0 Å². The number of hydrogen-bond donors (Lipinski definition) is 1. The van der Waals surface area contributed by atoms with Crippen LogP contribution in [-0.2, 0) is 10.0 Å². The third kappa shape index (κ3) is 3.14. The van der Waals surface area contributed by atoms with Gasteiger partial charge in [0.25, 0.3) is 10.0 Å². The molecule has 1 aromatic carbocycles. The molecule has 8 heteroatoms. The Labute approximate surface area is 128 Å².